The Hall–Kier alpha value is -2.37. The van der Waals surface area contributed by atoms with Gasteiger partial charge in [-0.25, -0.2) is 9.37 Å². The van der Waals surface area contributed by atoms with E-state index in [4.69, 9.17) is 5.11 Å². The quantitative estimate of drug-likeness (QED) is 0.793. The van der Waals surface area contributed by atoms with Gasteiger partial charge in [0.1, 0.15) is 11.6 Å². The van der Waals surface area contributed by atoms with E-state index in [1.807, 2.05) is 10.8 Å². The number of imidazole rings is 1. The van der Waals surface area contributed by atoms with Gasteiger partial charge in [-0.2, -0.15) is 0 Å². The van der Waals surface area contributed by atoms with Crippen LogP contribution in [-0.2, 0) is 6.54 Å². The van der Waals surface area contributed by atoms with E-state index in [1.165, 1.54) is 12.1 Å². The molecule has 6 heteroatoms. The third kappa shape index (κ3) is 3.81. The van der Waals surface area contributed by atoms with Crippen molar-refractivity contribution in [2.75, 3.05) is 6.54 Å². The second kappa shape index (κ2) is 6.70. The Morgan fingerprint density at radius 1 is 1.40 bits per heavy atom. The maximum atomic E-state index is 13.4. The van der Waals surface area contributed by atoms with Crippen molar-refractivity contribution < 1.29 is 14.3 Å². The number of halogens is 1. The number of aryl methyl sites for hydroxylation is 1. The van der Waals surface area contributed by atoms with Gasteiger partial charge in [-0.1, -0.05) is 0 Å². The van der Waals surface area contributed by atoms with Crippen LogP contribution in [0.15, 0.2) is 36.9 Å². The molecule has 2 rings (SSSR count). The number of amides is 1. The van der Waals surface area contributed by atoms with Crippen LogP contribution in [0.1, 0.15) is 23.2 Å². The van der Waals surface area contributed by atoms with Crippen LogP contribution in [-0.4, -0.2) is 27.1 Å². The first kappa shape index (κ1) is 14.0. The second-order valence-electron chi connectivity index (χ2n) is 4.43. The first-order valence-corrected chi connectivity index (χ1v) is 6.39. The fraction of sp³-hybridized carbons (Fsp3) is 0.286. The summed E-state index contributed by atoms with van der Waals surface area (Å²) < 4.78 is 15.4. The summed E-state index contributed by atoms with van der Waals surface area (Å²) in [5.41, 5.74) is -0.0580. The van der Waals surface area contributed by atoms with E-state index in [1.54, 1.807) is 12.5 Å². The van der Waals surface area contributed by atoms with Crippen LogP contribution in [0.5, 0.6) is 5.75 Å². The number of aromatic hydroxyl groups is 1. The number of benzene rings is 1. The van der Waals surface area contributed by atoms with Crippen LogP contribution in [0.2, 0.25) is 0 Å². The molecule has 1 aromatic heterocycles. The molecule has 0 fully saturated rings. The number of hydrogen-bond acceptors (Lipinski definition) is 3. The van der Waals surface area contributed by atoms with Crippen molar-refractivity contribution in [3.05, 3.63) is 48.3 Å². The minimum Gasteiger partial charge on any atom is -0.508 e. The number of unbranched alkanes of at least 4 members (excludes halogenated alkanes) is 1. The predicted octanol–water partition coefficient (Wildman–Crippen LogP) is 1.94. The van der Waals surface area contributed by atoms with Gasteiger partial charge in [0.25, 0.3) is 5.91 Å². The Labute approximate surface area is 116 Å². The number of nitrogens with zero attached hydrogens (tertiary/aromatic N) is 2. The summed E-state index contributed by atoms with van der Waals surface area (Å²) in [5.74, 6) is -1.38. The van der Waals surface area contributed by atoms with Gasteiger partial charge in [-0.15, -0.1) is 0 Å². The van der Waals surface area contributed by atoms with Crippen molar-refractivity contribution in [2.45, 2.75) is 19.4 Å². The van der Waals surface area contributed by atoms with E-state index in [0.29, 0.717) is 6.54 Å². The maximum absolute atomic E-state index is 13.4. The molecule has 20 heavy (non-hydrogen) atoms. The fourth-order valence-corrected chi connectivity index (χ4v) is 1.82. The molecule has 1 aromatic carbocycles. The molecule has 2 N–H and O–H groups in total. The Kier molecular flexibility index (Phi) is 4.70. The van der Waals surface area contributed by atoms with Crippen LogP contribution in [0.4, 0.5) is 4.39 Å². The van der Waals surface area contributed by atoms with Crippen LogP contribution < -0.4 is 5.32 Å². The average molecular weight is 277 g/mol. The van der Waals surface area contributed by atoms with Crippen molar-refractivity contribution in [1.29, 1.82) is 0 Å². The summed E-state index contributed by atoms with van der Waals surface area (Å²) in [5, 5.41) is 11.7. The van der Waals surface area contributed by atoms with Crippen molar-refractivity contribution >= 4 is 5.91 Å². The minimum atomic E-state index is -0.721. The normalized spacial score (nSPS) is 10.4. The lowest BCUT2D eigenvalue weighted by Crippen LogP contribution is -2.25. The van der Waals surface area contributed by atoms with Gasteiger partial charge in [0.15, 0.2) is 0 Å². The molecule has 0 aliphatic carbocycles. The molecule has 0 spiro atoms. The number of phenolic OH excluding ortho intramolecular Hbond substituents is 1. The molecule has 106 valence electrons. The summed E-state index contributed by atoms with van der Waals surface area (Å²) in [6, 6.07) is 3.48. The zero-order chi connectivity index (χ0) is 14.4. The highest BCUT2D eigenvalue weighted by molar-refractivity contribution is 5.94. The minimum absolute atomic E-state index is 0.0580. The molecule has 0 bridgehead atoms. The molecular weight excluding hydrogens is 261 g/mol. The van der Waals surface area contributed by atoms with Crippen LogP contribution >= 0.6 is 0 Å². The van der Waals surface area contributed by atoms with E-state index in [-0.39, 0.29) is 11.3 Å². The predicted molar refractivity (Wildman–Crippen MR) is 71.9 cm³/mol. The number of aromatic nitrogens is 2. The highest BCUT2D eigenvalue weighted by atomic mass is 19.1. The molecule has 0 radical (unpaired) electrons. The van der Waals surface area contributed by atoms with E-state index in [0.717, 1.165) is 25.5 Å². The molecule has 1 heterocycles. The Morgan fingerprint density at radius 3 is 2.95 bits per heavy atom. The standard InChI is InChI=1S/C14H16FN3O2/c15-13-9-11(19)3-4-12(13)14(20)17-5-1-2-7-18-8-6-16-10-18/h3-4,6,8-10,19H,1-2,5,7H2,(H,17,20). The summed E-state index contributed by atoms with van der Waals surface area (Å²) in [4.78, 5) is 15.7. The van der Waals surface area contributed by atoms with E-state index in [9.17, 15) is 9.18 Å². The average Bonchev–Trinajstić information content (AvgIpc) is 2.91. The molecule has 0 atom stereocenters. The first-order chi connectivity index (χ1) is 9.66. The lowest BCUT2D eigenvalue weighted by Gasteiger charge is -2.06. The van der Waals surface area contributed by atoms with Crippen LogP contribution in [0.3, 0.4) is 0 Å². The zero-order valence-corrected chi connectivity index (χ0v) is 10.9. The van der Waals surface area contributed by atoms with Gasteiger partial charge in [0.2, 0.25) is 0 Å². The van der Waals surface area contributed by atoms with Gasteiger partial charge in [0.05, 0.1) is 11.9 Å². The van der Waals surface area contributed by atoms with Crippen molar-refractivity contribution in [1.82, 2.24) is 14.9 Å². The monoisotopic (exact) mass is 277 g/mol. The SMILES string of the molecule is O=C(NCCCCn1ccnc1)c1ccc(O)cc1F. The molecule has 0 saturated heterocycles. The number of hydrogen-bond donors (Lipinski definition) is 2. The summed E-state index contributed by atoms with van der Waals surface area (Å²) in [6.45, 7) is 1.32. The second-order valence-corrected chi connectivity index (χ2v) is 4.43. The van der Waals surface area contributed by atoms with Crippen molar-refractivity contribution in [3.63, 3.8) is 0 Å². The van der Waals surface area contributed by atoms with Crippen molar-refractivity contribution in [3.8, 4) is 5.75 Å². The highest BCUT2D eigenvalue weighted by Crippen LogP contribution is 2.14. The summed E-state index contributed by atoms with van der Waals surface area (Å²) >= 11 is 0. The number of carbonyl (C=O) groups excluding carboxylic acids is 1. The van der Waals surface area contributed by atoms with Crippen molar-refractivity contribution in [2.24, 2.45) is 0 Å². The Morgan fingerprint density at radius 2 is 2.25 bits per heavy atom. The molecule has 0 aliphatic heterocycles. The van der Waals surface area contributed by atoms with Crippen LogP contribution in [0.25, 0.3) is 0 Å². The molecule has 0 aliphatic rings. The summed E-state index contributed by atoms with van der Waals surface area (Å²) in [7, 11) is 0. The lowest BCUT2D eigenvalue weighted by atomic mass is 10.2. The number of nitrogens with one attached hydrogen (secondary N) is 1. The smallest absolute Gasteiger partial charge is 0.254 e. The molecule has 0 unspecified atom stereocenters. The molecule has 2 aromatic rings. The lowest BCUT2D eigenvalue weighted by molar-refractivity contribution is 0.0949. The zero-order valence-electron chi connectivity index (χ0n) is 10.9. The van der Waals surface area contributed by atoms with Gasteiger partial charge in [-0.05, 0) is 25.0 Å². The Balaban J connectivity index is 1.72. The third-order valence-electron chi connectivity index (χ3n) is 2.89. The number of phenols is 1. The maximum Gasteiger partial charge on any atom is 0.254 e. The molecule has 1 amide bonds. The topological polar surface area (TPSA) is 67.2 Å². The van der Waals surface area contributed by atoms with Crippen LogP contribution in [0, 0.1) is 5.82 Å². The van der Waals surface area contributed by atoms with E-state index < -0.39 is 11.7 Å². The molecule has 0 saturated carbocycles. The molecular formula is C14H16FN3O2. The van der Waals surface area contributed by atoms with E-state index >= 15 is 0 Å². The third-order valence-corrected chi connectivity index (χ3v) is 2.89. The van der Waals surface area contributed by atoms with Gasteiger partial charge in [-0.3, -0.25) is 4.79 Å². The highest BCUT2D eigenvalue weighted by Gasteiger charge is 2.11. The van der Waals surface area contributed by atoms with E-state index in [2.05, 4.69) is 10.3 Å². The van der Waals surface area contributed by atoms with Gasteiger partial charge in [0, 0.05) is 31.5 Å². The first-order valence-electron chi connectivity index (χ1n) is 6.39. The molecule has 5 nitrogen and oxygen atoms in total. The number of rotatable bonds is 6. The fourth-order valence-electron chi connectivity index (χ4n) is 1.82. The number of carbonyl (C=O) groups is 1. The van der Waals surface area contributed by atoms with Gasteiger partial charge < -0.3 is 15.0 Å². The largest absolute Gasteiger partial charge is 0.508 e. The van der Waals surface area contributed by atoms with Gasteiger partial charge >= 0.3 is 0 Å². The summed E-state index contributed by atoms with van der Waals surface area (Å²) in [6.07, 6.45) is 7.03. The Bertz CT molecular complexity index is 570.